The molecule has 10 aromatic carbocycles. The van der Waals surface area contributed by atoms with Gasteiger partial charge in [0.1, 0.15) is 0 Å². The minimum Gasteiger partial charge on any atom is -0.512 e. The summed E-state index contributed by atoms with van der Waals surface area (Å²) in [6.07, 6.45) is 4.84. The van der Waals surface area contributed by atoms with Crippen molar-refractivity contribution in [3.8, 4) is 44.5 Å². The Morgan fingerprint density at radius 2 is 0.771 bits per heavy atom. The summed E-state index contributed by atoms with van der Waals surface area (Å²) in [5.74, 6) is -0.0625. The third kappa shape index (κ3) is 9.72. The number of aromatic nitrogens is 4. The van der Waals surface area contributed by atoms with Gasteiger partial charge in [-0.3, -0.25) is 14.8 Å². The standard InChI is InChI=1S/2C29H19N2.C5H8O2.Ir/c2*1-19-18-30-28-24-14-12-22(20-8-4-2-5-9-20)16-26(24)27-17-23(21-10-6-3-7-11-21)13-15-25(27)29(28)31-19;1-4(6)3-5(2)7;/h2*2-13,15-18H,1H3;3,6H,1-2H3;/q2*-1;;. The number of aliphatic hydroxyl groups excluding tert-OH is 1. The predicted molar refractivity (Wildman–Crippen MR) is 285 cm³/mol. The van der Waals surface area contributed by atoms with Crippen LogP contribution in [-0.4, -0.2) is 30.8 Å². The van der Waals surface area contributed by atoms with Gasteiger partial charge in [-0.1, -0.05) is 202 Å². The van der Waals surface area contributed by atoms with E-state index in [-0.39, 0.29) is 31.6 Å². The van der Waals surface area contributed by atoms with Crippen LogP contribution in [0.3, 0.4) is 0 Å². The van der Waals surface area contributed by atoms with E-state index in [2.05, 4.69) is 170 Å². The Labute approximate surface area is 420 Å². The molecular weight excluding hydrogens is 1040 g/mol. The van der Waals surface area contributed by atoms with Crippen LogP contribution in [0.4, 0.5) is 0 Å². The number of fused-ring (bicyclic) bond motifs is 12. The Balaban J connectivity index is 0.000000151. The molecule has 0 bridgehead atoms. The first-order valence-corrected chi connectivity index (χ1v) is 22.9. The zero-order chi connectivity index (χ0) is 47.4. The van der Waals surface area contributed by atoms with Crippen molar-refractivity contribution in [3.05, 3.63) is 230 Å². The van der Waals surface area contributed by atoms with Gasteiger partial charge in [-0.2, -0.15) is 0 Å². The number of hydrogen-bond donors (Lipinski definition) is 1. The van der Waals surface area contributed by atoms with Crippen molar-refractivity contribution < 1.29 is 30.0 Å². The SMILES string of the molecule is CC(=O)C=C(C)O.Cc1cnc2c3[c-]cc(-c4ccccc4)cc3c3cc(-c4ccccc4)ccc3c2n1.Cc1cnc2c3[c-]cc(-c4ccccc4)cc3c3cc(-c4ccccc4)ccc3c2n1.[Ir]. The Kier molecular flexibility index (Phi) is 13.8. The molecule has 0 aliphatic heterocycles. The molecule has 0 fully saturated rings. The largest absolute Gasteiger partial charge is 0.512 e. The maximum absolute atomic E-state index is 10.0. The molecule has 0 aliphatic carbocycles. The van der Waals surface area contributed by atoms with Crippen molar-refractivity contribution >= 4 is 70.9 Å². The Morgan fingerprint density at radius 3 is 1.10 bits per heavy atom. The second-order valence-corrected chi connectivity index (χ2v) is 17.2. The quantitative estimate of drug-likeness (QED) is 0.0799. The Bertz CT molecular complexity index is 3650. The zero-order valence-electron chi connectivity index (χ0n) is 39.0. The molecule has 12 rings (SSSR count). The molecule has 12 aromatic rings. The molecule has 0 unspecified atom stereocenters. The first-order chi connectivity index (χ1) is 33.7. The summed E-state index contributed by atoms with van der Waals surface area (Å²) in [6.45, 7) is 6.83. The van der Waals surface area contributed by atoms with Crippen LogP contribution in [-0.2, 0) is 24.9 Å². The van der Waals surface area contributed by atoms with Crippen molar-refractivity contribution in [1.29, 1.82) is 0 Å². The molecule has 7 heteroatoms. The van der Waals surface area contributed by atoms with Gasteiger partial charge in [-0.05, 0) is 60.7 Å². The molecule has 2 aromatic heterocycles. The van der Waals surface area contributed by atoms with Crippen LogP contribution in [0.15, 0.2) is 206 Å². The number of aryl methyl sites for hydroxylation is 2. The predicted octanol–water partition coefficient (Wildman–Crippen LogP) is 15.8. The van der Waals surface area contributed by atoms with E-state index >= 15 is 0 Å². The van der Waals surface area contributed by atoms with Crippen LogP contribution in [0.25, 0.3) is 110 Å². The number of carbonyl (C=O) groups is 1. The normalized spacial score (nSPS) is 11.2. The number of ketones is 1. The molecule has 70 heavy (non-hydrogen) atoms. The van der Waals surface area contributed by atoms with Crippen molar-refractivity contribution in [2.75, 3.05) is 0 Å². The summed E-state index contributed by atoms with van der Waals surface area (Å²) in [7, 11) is 0. The molecule has 0 aliphatic rings. The fourth-order valence-electron chi connectivity index (χ4n) is 8.96. The molecule has 1 radical (unpaired) electrons. The van der Waals surface area contributed by atoms with Crippen LogP contribution in [0, 0.1) is 26.0 Å². The van der Waals surface area contributed by atoms with Gasteiger partial charge in [-0.25, -0.2) is 0 Å². The zero-order valence-corrected chi connectivity index (χ0v) is 41.4. The first-order valence-electron chi connectivity index (χ1n) is 22.9. The van der Waals surface area contributed by atoms with E-state index in [0.717, 1.165) is 76.9 Å². The summed E-state index contributed by atoms with van der Waals surface area (Å²) in [5.41, 5.74) is 15.0. The summed E-state index contributed by atoms with van der Waals surface area (Å²) in [4.78, 5) is 29.2. The van der Waals surface area contributed by atoms with Gasteiger partial charge in [0, 0.05) is 49.6 Å². The molecule has 0 saturated heterocycles. The fraction of sp³-hybridized carbons (Fsp3) is 0.0635. The van der Waals surface area contributed by atoms with E-state index in [0.29, 0.717) is 0 Å². The number of nitrogens with zero attached hydrogens (tertiary/aromatic N) is 4. The summed E-state index contributed by atoms with van der Waals surface area (Å²) >= 11 is 0. The summed E-state index contributed by atoms with van der Waals surface area (Å²) in [6, 6.07) is 70.9. The molecule has 2 heterocycles. The van der Waals surface area contributed by atoms with Crippen LogP contribution in [0.1, 0.15) is 25.2 Å². The molecule has 6 nitrogen and oxygen atoms in total. The van der Waals surface area contributed by atoms with Gasteiger partial charge in [0.2, 0.25) is 0 Å². The second kappa shape index (κ2) is 20.6. The number of aliphatic hydroxyl groups is 1. The molecular formula is C63H46IrN4O2-2. The van der Waals surface area contributed by atoms with Gasteiger partial charge in [0.05, 0.1) is 28.2 Å². The van der Waals surface area contributed by atoms with E-state index in [4.69, 9.17) is 25.0 Å². The summed E-state index contributed by atoms with van der Waals surface area (Å²) in [5, 5.41) is 17.3. The van der Waals surface area contributed by atoms with Gasteiger partial charge >= 0.3 is 0 Å². The minimum absolute atomic E-state index is 0. The van der Waals surface area contributed by atoms with E-state index in [1.54, 1.807) is 0 Å². The number of allylic oxidation sites excluding steroid dienone is 2. The molecule has 0 spiro atoms. The van der Waals surface area contributed by atoms with Gasteiger partial charge in [0.25, 0.3) is 0 Å². The van der Waals surface area contributed by atoms with Crippen LogP contribution >= 0.6 is 0 Å². The second-order valence-electron chi connectivity index (χ2n) is 17.2. The minimum atomic E-state index is -0.125. The Morgan fingerprint density at radius 1 is 0.429 bits per heavy atom. The van der Waals surface area contributed by atoms with Crippen LogP contribution in [0.2, 0.25) is 0 Å². The maximum atomic E-state index is 10.0. The number of carbonyl (C=O) groups excluding carboxylic acids is 1. The molecule has 341 valence electrons. The van der Waals surface area contributed by atoms with Crippen molar-refractivity contribution in [3.63, 3.8) is 0 Å². The molecule has 1 N–H and O–H groups in total. The monoisotopic (exact) mass is 1080 g/mol. The molecule has 0 amide bonds. The van der Waals surface area contributed by atoms with Crippen molar-refractivity contribution in [1.82, 2.24) is 19.9 Å². The third-order valence-corrected chi connectivity index (χ3v) is 12.1. The maximum Gasteiger partial charge on any atom is 0.155 e. The van der Waals surface area contributed by atoms with Gasteiger partial charge < -0.3 is 15.1 Å². The van der Waals surface area contributed by atoms with Crippen LogP contribution < -0.4 is 0 Å². The average Bonchev–Trinajstić information content (AvgIpc) is 3.39. The van der Waals surface area contributed by atoms with E-state index in [1.807, 2.05) is 50.5 Å². The van der Waals surface area contributed by atoms with Crippen LogP contribution in [0.5, 0.6) is 0 Å². The van der Waals surface area contributed by atoms with Gasteiger partial charge in [0.15, 0.2) is 5.78 Å². The topological polar surface area (TPSA) is 88.9 Å². The van der Waals surface area contributed by atoms with E-state index < -0.39 is 0 Å². The third-order valence-electron chi connectivity index (χ3n) is 12.1. The average molecular weight is 1080 g/mol. The molecule has 0 atom stereocenters. The van der Waals surface area contributed by atoms with Gasteiger partial charge in [-0.15, -0.1) is 47.2 Å². The Hall–Kier alpha value is -8.22. The van der Waals surface area contributed by atoms with E-state index in [9.17, 15) is 4.79 Å². The van der Waals surface area contributed by atoms with E-state index in [1.165, 1.54) is 64.1 Å². The van der Waals surface area contributed by atoms with Crippen molar-refractivity contribution in [2.24, 2.45) is 0 Å². The smallest absolute Gasteiger partial charge is 0.155 e. The summed E-state index contributed by atoms with van der Waals surface area (Å²) < 4.78 is 0. The fourth-order valence-corrected chi connectivity index (χ4v) is 8.96. The first kappa shape index (κ1) is 46.9. The molecule has 0 saturated carbocycles. The number of hydrogen-bond acceptors (Lipinski definition) is 6. The number of benzene rings is 10. The number of rotatable bonds is 5. The van der Waals surface area contributed by atoms with Crippen molar-refractivity contribution in [2.45, 2.75) is 27.7 Å².